The Balaban J connectivity index is 1.82. The highest BCUT2D eigenvalue weighted by Gasteiger charge is 2.23. The summed E-state index contributed by atoms with van der Waals surface area (Å²) in [5, 5.41) is 0. The van der Waals surface area contributed by atoms with Gasteiger partial charge in [-0.05, 0) is 40.4 Å². The summed E-state index contributed by atoms with van der Waals surface area (Å²) in [6.07, 6.45) is 9.10. The lowest BCUT2D eigenvalue weighted by atomic mass is 9.98. The molecular weight excluding hydrogens is 347 g/mol. The van der Waals surface area contributed by atoms with Gasteiger partial charge in [0.15, 0.2) is 0 Å². The monoisotopic (exact) mass is 366 g/mol. The van der Waals surface area contributed by atoms with E-state index in [2.05, 4.69) is 63.1 Å². The zero-order valence-electron chi connectivity index (χ0n) is 11.0. The molecule has 19 heavy (non-hydrogen) atoms. The van der Waals surface area contributed by atoms with Crippen LogP contribution in [0.25, 0.3) is 0 Å². The molecule has 0 heterocycles. The van der Waals surface area contributed by atoms with Crippen LogP contribution in [-0.4, -0.2) is 5.78 Å². The van der Waals surface area contributed by atoms with Crippen LogP contribution < -0.4 is 0 Å². The first-order chi connectivity index (χ1) is 9.29. The molecule has 1 fully saturated rings. The molecule has 100 valence electrons. The van der Waals surface area contributed by atoms with Crippen LogP contribution >= 0.6 is 22.6 Å². The molecule has 1 aromatic rings. The average Bonchev–Trinajstić information content (AvgIpc) is 2.86. The summed E-state index contributed by atoms with van der Waals surface area (Å²) in [5.41, 5.74) is 2.70. The van der Waals surface area contributed by atoms with Gasteiger partial charge in [-0.3, -0.25) is 4.79 Å². The number of hydrogen-bond acceptors (Lipinski definition) is 1. The number of hydrogen-bond donors (Lipinski definition) is 0. The van der Waals surface area contributed by atoms with Gasteiger partial charge in [-0.2, -0.15) is 0 Å². The first-order valence-electron chi connectivity index (χ1n) is 6.82. The van der Waals surface area contributed by atoms with Crippen molar-refractivity contribution >= 4 is 28.4 Å². The van der Waals surface area contributed by atoms with Crippen molar-refractivity contribution in [3.63, 3.8) is 0 Å². The van der Waals surface area contributed by atoms with E-state index in [0.29, 0.717) is 11.7 Å². The third-order valence-electron chi connectivity index (χ3n) is 3.60. The van der Waals surface area contributed by atoms with Crippen molar-refractivity contribution in [2.24, 2.45) is 5.92 Å². The van der Waals surface area contributed by atoms with Crippen molar-refractivity contribution in [2.75, 3.05) is 0 Å². The highest BCUT2D eigenvalue weighted by atomic mass is 127. The fourth-order valence-electron chi connectivity index (χ4n) is 2.47. The number of allylic oxidation sites excluding steroid dienone is 3. The second-order valence-corrected chi connectivity index (χ2v) is 5.64. The summed E-state index contributed by atoms with van der Waals surface area (Å²) in [7, 11) is 0. The van der Waals surface area contributed by atoms with Gasteiger partial charge in [0.05, 0.1) is 0 Å². The van der Waals surface area contributed by atoms with E-state index in [-0.39, 0.29) is 0 Å². The van der Waals surface area contributed by atoms with Gasteiger partial charge < -0.3 is 0 Å². The number of ketones is 1. The molecule has 1 aliphatic rings. The molecule has 1 nitrogen and oxygen atoms in total. The molecule has 0 bridgehead atoms. The van der Waals surface area contributed by atoms with E-state index < -0.39 is 0 Å². The molecule has 1 atom stereocenters. The van der Waals surface area contributed by atoms with Crippen LogP contribution in [0.15, 0.2) is 52.1 Å². The van der Waals surface area contributed by atoms with Gasteiger partial charge in [0, 0.05) is 12.8 Å². The predicted molar refractivity (Wildman–Crippen MR) is 88.4 cm³/mol. The fraction of sp³-hybridized carbons (Fsp3) is 0.353. The Kier molecular flexibility index (Phi) is 5.83. The summed E-state index contributed by atoms with van der Waals surface area (Å²) in [6.45, 7) is 0. The fourth-order valence-corrected chi connectivity index (χ4v) is 3.19. The molecule has 2 rings (SSSR count). The van der Waals surface area contributed by atoms with Gasteiger partial charge in [-0.25, -0.2) is 0 Å². The zero-order valence-corrected chi connectivity index (χ0v) is 13.2. The van der Waals surface area contributed by atoms with Crippen molar-refractivity contribution < 1.29 is 4.79 Å². The van der Waals surface area contributed by atoms with E-state index in [1.165, 1.54) is 11.1 Å². The van der Waals surface area contributed by atoms with Gasteiger partial charge >= 0.3 is 0 Å². The molecule has 0 spiro atoms. The summed E-state index contributed by atoms with van der Waals surface area (Å²) in [5.74, 6) is 0.871. The van der Waals surface area contributed by atoms with Crippen LogP contribution in [0.3, 0.4) is 0 Å². The molecule has 0 N–H and O–H groups in total. The minimum Gasteiger partial charge on any atom is -0.300 e. The van der Waals surface area contributed by atoms with Crippen LogP contribution in [-0.2, 0) is 11.2 Å². The summed E-state index contributed by atoms with van der Waals surface area (Å²) in [4.78, 5) is 11.3. The van der Waals surface area contributed by atoms with Crippen LogP contribution in [0.1, 0.15) is 31.2 Å². The molecule has 1 aromatic carbocycles. The van der Waals surface area contributed by atoms with Gasteiger partial charge in [0.1, 0.15) is 5.78 Å². The Morgan fingerprint density at radius 2 is 2.11 bits per heavy atom. The molecule has 1 unspecified atom stereocenters. The summed E-state index contributed by atoms with van der Waals surface area (Å²) >= 11 is 2.28. The lowest BCUT2D eigenvalue weighted by Gasteiger charge is -2.08. The third kappa shape index (κ3) is 4.60. The van der Waals surface area contributed by atoms with Crippen molar-refractivity contribution in [2.45, 2.75) is 32.1 Å². The lowest BCUT2D eigenvalue weighted by Crippen LogP contribution is -1.97. The Morgan fingerprint density at radius 3 is 2.74 bits per heavy atom. The molecule has 0 amide bonds. The van der Waals surface area contributed by atoms with Gasteiger partial charge in [-0.1, -0.05) is 65.1 Å². The number of carbonyl (C=O) groups excluding carboxylic acids is 1. The first-order valence-corrected chi connectivity index (χ1v) is 8.06. The Bertz CT molecular complexity index is 473. The molecule has 0 saturated heterocycles. The molecule has 0 radical (unpaired) electrons. The quantitative estimate of drug-likeness (QED) is 0.537. The summed E-state index contributed by atoms with van der Waals surface area (Å²) in [6, 6.07) is 10.5. The zero-order chi connectivity index (χ0) is 13.5. The van der Waals surface area contributed by atoms with Gasteiger partial charge in [0.25, 0.3) is 0 Å². The maximum Gasteiger partial charge on any atom is 0.133 e. The number of rotatable bonds is 5. The number of carbonyl (C=O) groups is 1. The van der Waals surface area contributed by atoms with Crippen molar-refractivity contribution in [3.8, 4) is 0 Å². The topological polar surface area (TPSA) is 17.1 Å². The minimum absolute atomic E-state index is 0.415. The standard InChI is InChI=1S/C17H19IO/c18-13-16(15-10-11-17(19)12-15)9-5-4-8-14-6-2-1-3-7-14/h1-3,5-7,9,13,15H,4,8,10-12H2/b9-5+,16-13-. The summed E-state index contributed by atoms with van der Waals surface area (Å²) < 4.78 is 2.13. The molecule has 2 heteroatoms. The average molecular weight is 366 g/mol. The van der Waals surface area contributed by atoms with Crippen LogP contribution in [0.4, 0.5) is 0 Å². The molecule has 0 aliphatic heterocycles. The Labute approximate surface area is 128 Å². The normalized spacial score (nSPS) is 20.4. The predicted octanol–water partition coefficient (Wildman–Crippen LogP) is 4.86. The van der Waals surface area contributed by atoms with E-state index in [9.17, 15) is 4.79 Å². The van der Waals surface area contributed by atoms with Crippen molar-refractivity contribution in [3.05, 3.63) is 57.7 Å². The molecule has 1 aliphatic carbocycles. The maximum atomic E-state index is 11.3. The smallest absolute Gasteiger partial charge is 0.133 e. The van der Waals surface area contributed by atoms with E-state index in [0.717, 1.165) is 32.1 Å². The Morgan fingerprint density at radius 1 is 1.32 bits per heavy atom. The second kappa shape index (κ2) is 7.63. The van der Waals surface area contributed by atoms with E-state index in [1.54, 1.807) is 0 Å². The van der Waals surface area contributed by atoms with Crippen LogP contribution in [0.5, 0.6) is 0 Å². The van der Waals surface area contributed by atoms with Crippen LogP contribution in [0.2, 0.25) is 0 Å². The van der Waals surface area contributed by atoms with E-state index >= 15 is 0 Å². The van der Waals surface area contributed by atoms with Gasteiger partial charge in [-0.15, -0.1) is 0 Å². The van der Waals surface area contributed by atoms with E-state index in [4.69, 9.17) is 0 Å². The molecule has 0 aromatic heterocycles. The molecular formula is C17H19IO. The number of Topliss-reactive ketones (excluding diaryl/α,β-unsaturated/α-hetero) is 1. The number of aryl methyl sites for hydroxylation is 1. The number of benzene rings is 1. The third-order valence-corrected chi connectivity index (χ3v) is 4.32. The van der Waals surface area contributed by atoms with E-state index in [1.807, 2.05) is 6.07 Å². The molecule has 1 saturated carbocycles. The SMILES string of the molecule is O=C1CCC(C(/C=C/CCc2ccccc2)=C\I)C1. The highest BCUT2D eigenvalue weighted by molar-refractivity contribution is 14.1. The van der Waals surface area contributed by atoms with Crippen molar-refractivity contribution in [1.29, 1.82) is 0 Å². The second-order valence-electron chi connectivity index (χ2n) is 5.01. The first kappa shape index (κ1) is 14.5. The van der Waals surface area contributed by atoms with Gasteiger partial charge in [0.2, 0.25) is 0 Å². The number of halogens is 1. The largest absolute Gasteiger partial charge is 0.300 e. The maximum absolute atomic E-state index is 11.3. The van der Waals surface area contributed by atoms with Crippen LogP contribution in [0, 0.1) is 5.92 Å². The highest BCUT2D eigenvalue weighted by Crippen LogP contribution is 2.30. The minimum atomic E-state index is 0.415. The lowest BCUT2D eigenvalue weighted by molar-refractivity contribution is -0.117. The Hall–Kier alpha value is -0.900. The van der Waals surface area contributed by atoms with Crippen molar-refractivity contribution in [1.82, 2.24) is 0 Å².